The van der Waals surface area contributed by atoms with E-state index >= 15 is 0 Å². The quantitative estimate of drug-likeness (QED) is 0.901. The molecule has 0 unspecified atom stereocenters. The van der Waals surface area contributed by atoms with E-state index < -0.39 is 5.97 Å². The van der Waals surface area contributed by atoms with E-state index in [2.05, 4.69) is 5.10 Å². The summed E-state index contributed by atoms with van der Waals surface area (Å²) in [5.41, 5.74) is 1.50. The number of carbonyl (C=O) groups excluding carboxylic acids is 1. The average molecular weight is 279 g/mol. The highest BCUT2D eigenvalue weighted by Crippen LogP contribution is 2.22. The summed E-state index contributed by atoms with van der Waals surface area (Å²) < 4.78 is 1.67. The van der Waals surface area contributed by atoms with Crippen LogP contribution in [-0.2, 0) is 18.3 Å². The van der Waals surface area contributed by atoms with Crippen LogP contribution in [-0.4, -0.2) is 44.8 Å². The zero-order valence-electron chi connectivity index (χ0n) is 12.0. The smallest absolute Gasteiger partial charge is 0.303 e. The Morgan fingerprint density at radius 3 is 2.60 bits per heavy atom. The largest absolute Gasteiger partial charge is 0.481 e. The van der Waals surface area contributed by atoms with Crippen LogP contribution in [0.2, 0.25) is 0 Å². The van der Waals surface area contributed by atoms with E-state index in [0.717, 1.165) is 25.0 Å². The van der Waals surface area contributed by atoms with E-state index in [-0.39, 0.29) is 18.2 Å². The number of piperidine rings is 1. The number of carboxylic acid groups (broad SMARTS) is 1. The second-order valence-corrected chi connectivity index (χ2v) is 5.35. The van der Waals surface area contributed by atoms with Crippen LogP contribution in [0.15, 0.2) is 6.20 Å². The molecular formula is C14H21N3O3. The molecule has 6 nitrogen and oxygen atoms in total. The lowest BCUT2D eigenvalue weighted by atomic mass is 9.93. The van der Waals surface area contributed by atoms with Crippen molar-refractivity contribution in [2.45, 2.75) is 32.6 Å². The van der Waals surface area contributed by atoms with Crippen LogP contribution < -0.4 is 0 Å². The normalized spacial score (nSPS) is 16.4. The van der Waals surface area contributed by atoms with Crippen LogP contribution in [0, 0.1) is 5.92 Å². The van der Waals surface area contributed by atoms with Crippen LogP contribution in [0.4, 0.5) is 0 Å². The molecule has 1 saturated heterocycles. The number of carboxylic acids is 1. The minimum atomic E-state index is -0.754. The molecule has 2 heterocycles. The summed E-state index contributed by atoms with van der Waals surface area (Å²) in [6, 6.07) is 0. The molecule has 1 N–H and O–H groups in total. The van der Waals surface area contributed by atoms with E-state index in [4.69, 9.17) is 5.11 Å². The summed E-state index contributed by atoms with van der Waals surface area (Å²) in [7, 11) is 1.81. The SMILES string of the molecule is CCc1nn(C)cc1C(=O)N1CCC(CC(=O)O)CC1. The van der Waals surface area contributed by atoms with E-state index in [9.17, 15) is 9.59 Å². The Labute approximate surface area is 118 Å². The summed E-state index contributed by atoms with van der Waals surface area (Å²) in [6.45, 7) is 3.25. The molecule has 0 bridgehead atoms. The van der Waals surface area contributed by atoms with Crippen LogP contribution in [0.25, 0.3) is 0 Å². The van der Waals surface area contributed by atoms with Crippen molar-refractivity contribution in [1.82, 2.24) is 14.7 Å². The maximum Gasteiger partial charge on any atom is 0.303 e. The third kappa shape index (κ3) is 3.18. The first-order valence-corrected chi connectivity index (χ1v) is 7.04. The van der Waals surface area contributed by atoms with Gasteiger partial charge in [-0.3, -0.25) is 14.3 Å². The van der Waals surface area contributed by atoms with Crippen molar-refractivity contribution in [2.24, 2.45) is 13.0 Å². The standard InChI is InChI=1S/C14H21N3O3/c1-3-12-11(9-16(2)15-12)14(20)17-6-4-10(5-7-17)8-13(18)19/h9-10H,3-8H2,1-2H3,(H,18,19). The Kier molecular flexibility index (Phi) is 4.42. The lowest BCUT2D eigenvalue weighted by Gasteiger charge is -2.31. The molecule has 1 aliphatic rings. The summed E-state index contributed by atoms with van der Waals surface area (Å²) in [6.07, 6.45) is 4.23. The molecule has 6 heteroatoms. The van der Waals surface area contributed by atoms with E-state index in [1.807, 2.05) is 18.9 Å². The van der Waals surface area contributed by atoms with Crippen molar-refractivity contribution in [3.05, 3.63) is 17.5 Å². The van der Waals surface area contributed by atoms with E-state index in [1.165, 1.54) is 0 Å². The molecule has 1 amide bonds. The molecule has 0 aliphatic carbocycles. The molecule has 0 saturated carbocycles. The number of aromatic nitrogens is 2. The van der Waals surface area contributed by atoms with Crippen molar-refractivity contribution in [3.8, 4) is 0 Å². The van der Waals surface area contributed by atoms with Gasteiger partial charge in [0.15, 0.2) is 0 Å². The maximum atomic E-state index is 12.5. The monoisotopic (exact) mass is 279 g/mol. The zero-order chi connectivity index (χ0) is 14.7. The minimum Gasteiger partial charge on any atom is -0.481 e. The first kappa shape index (κ1) is 14.6. The second kappa shape index (κ2) is 6.07. The van der Waals surface area contributed by atoms with Gasteiger partial charge >= 0.3 is 5.97 Å². The number of amides is 1. The molecule has 1 fully saturated rings. The summed E-state index contributed by atoms with van der Waals surface area (Å²) in [4.78, 5) is 25.0. The fraction of sp³-hybridized carbons (Fsp3) is 0.643. The van der Waals surface area contributed by atoms with Gasteiger partial charge in [0.2, 0.25) is 0 Å². The van der Waals surface area contributed by atoms with Crippen molar-refractivity contribution in [1.29, 1.82) is 0 Å². The van der Waals surface area contributed by atoms with Gasteiger partial charge in [-0.1, -0.05) is 6.92 Å². The van der Waals surface area contributed by atoms with E-state index in [1.54, 1.807) is 10.9 Å². The Morgan fingerprint density at radius 2 is 2.05 bits per heavy atom. The molecule has 1 aromatic heterocycles. The predicted octanol–water partition coefficient (Wildman–Crippen LogP) is 1.31. The van der Waals surface area contributed by atoms with Gasteiger partial charge in [0.25, 0.3) is 5.91 Å². The number of carbonyl (C=O) groups is 2. The first-order valence-electron chi connectivity index (χ1n) is 7.04. The van der Waals surface area contributed by atoms with Crippen molar-refractivity contribution in [2.75, 3.05) is 13.1 Å². The Morgan fingerprint density at radius 1 is 1.40 bits per heavy atom. The maximum absolute atomic E-state index is 12.5. The third-order valence-corrected chi connectivity index (χ3v) is 3.84. The minimum absolute atomic E-state index is 0.0173. The van der Waals surface area contributed by atoms with Crippen LogP contribution in [0.5, 0.6) is 0 Å². The number of nitrogens with zero attached hydrogens (tertiary/aromatic N) is 3. The number of rotatable bonds is 4. The number of likely N-dealkylation sites (tertiary alicyclic amines) is 1. The number of aliphatic carboxylic acids is 1. The fourth-order valence-electron chi connectivity index (χ4n) is 2.73. The highest BCUT2D eigenvalue weighted by Gasteiger charge is 2.26. The van der Waals surface area contributed by atoms with Crippen LogP contribution in [0.3, 0.4) is 0 Å². The van der Waals surface area contributed by atoms with Gasteiger partial charge in [-0.2, -0.15) is 5.10 Å². The molecule has 2 rings (SSSR count). The van der Waals surface area contributed by atoms with Gasteiger partial charge in [0, 0.05) is 32.8 Å². The lowest BCUT2D eigenvalue weighted by Crippen LogP contribution is -2.39. The molecule has 0 aromatic carbocycles. The molecule has 0 atom stereocenters. The molecule has 1 aromatic rings. The Hall–Kier alpha value is -1.85. The van der Waals surface area contributed by atoms with Gasteiger partial charge in [-0.15, -0.1) is 0 Å². The molecule has 0 radical (unpaired) electrons. The first-order chi connectivity index (χ1) is 9.51. The van der Waals surface area contributed by atoms with Crippen molar-refractivity contribution in [3.63, 3.8) is 0 Å². The molecule has 20 heavy (non-hydrogen) atoms. The molecule has 110 valence electrons. The van der Waals surface area contributed by atoms with Crippen molar-refractivity contribution < 1.29 is 14.7 Å². The van der Waals surface area contributed by atoms with Crippen LogP contribution in [0.1, 0.15) is 42.2 Å². The lowest BCUT2D eigenvalue weighted by molar-refractivity contribution is -0.138. The summed E-state index contributed by atoms with van der Waals surface area (Å²) in [5.74, 6) is -0.546. The third-order valence-electron chi connectivity index (χ3n) is 3.84. The van der Waals surface area contributed by atoms with E-state index in [0.29, 0.717) is 18.7 Å². The van der Waals surface area contributed by atoms with Gasteiger partial charge in [-0.25, -0.2) is 0 Å². The topological polar surface area (TPSA) is 75.4 Å². The predicted molar refractivity (Wildman–Crippen MR) is 73.5 cm³/mol. The second-order valence-electron chi connectivity index (χ2n) is 5.35. The van der Waals surface area contributed by atoms with Gasteiger partial charge < -0.3 is 10.0 Å². The Balaban J connectivity index is 1.99. The number of hydrogen-bond acceptors (Lipinski definition) is 3. The highest BCUT2D eigenvalue weighted by molar-refractivity contribution is 5.95. The van der Waals surface area contributed by atoms with Crippen molar-refractivity contribution >= 4 is 11.9 Å². The average Bonchev–Trinajstić information content (AvgIpc) is 2.79. The molecule has 0 spiro atoms. The molecule has 1 aliphatic heterocycles. The molecular weight excluding hydrogens is 258 g/mol. The van der Waals surface area contributed by atoms with Gasteiger partial charge in [0.05, 0.1) is 11.3 Å². The zero-order valence-corrected chi connectivity index (χ0v) is 12.0. The van der Waals surface area contributed by atoms with Crippen LogP contribution >= 0.6 is 0 Å². The fourth-order valence-corrected chi connectivity index (χ4v) is 2.73. The van der Waals surface area contributed by atoms with Gasteiger partial charge in [0.1, 0.15) is 0 Å². The Bertz CT molecular complexity index is 502. The van der Waals surface area contributed by atoms with Gasteiger partial charge in [-0.05, 0) is 25.2 Å². The number of aryl methyl sites for hydroxylation is 2. The summed E-state index contributed by atoms with van der Waals surface area (Å²) >= 11 is 0. The summed E-state index contributed by atoms with van der Waals surface area (Å²) in [5, 5.41) is 13.1. The highest BCUT2D eigenvalue weighted by atomic mass is 16.4. The number of hydrogen-bond donors (Lipinski definition) is 1.